The molecule has 1 rings (SSSR count). The molecule has 3 N–H and O–H groups in total. The molecule has 120 valence electrons. The van der Waals surface area contributed by atoms with Crippen LogP contribution >= 0.6 is 24.0 Å². The Hall–Kier alpha value is -1.02. The summed E-state index contributed by atoms with van der Waals surface area (Å²) in [5.41, 5.74) is 6.84. The maximum absolute atomic E-state index is 5.77. The average molecular weight is 407 g/mol. The van der Waals surface area contributed by atoms with Gasteiger partial charge in [0.1, 0.15) is 5.75 Å². The van der Waals surface area contributed by atoms with Crippen LogP contribution in [0.5, 0.6) is 5.75 Å². The van der Waals surface area contributed by atoms with Crippen LogP contribution in [0.25, 0.3) is 0 Å². The Morgan fingerprint density at radius 3 is 2.76 bits per heavy atom. The smallest absolute Gasteiger partial charge is 0.189 e. The molecule has 21 heavy (non-hydrogen) atoms. The number of halogens is 1. The van der Waals surface area contributed by atoms with Gasteiger partial charge in [0.25, 0.3) is 0 Å². The number of nitrogens with zero attached hydrogens (tertiary/aromatic N) is 1. The van der Waals surface area contributed by atoms with Crippen molar-refractivity contribution in [1.29, 1.82) is 0 Å². The van der Waals surface area contributed by atoms with Gasteiger partial charge in [0, 0.05) is 26.2 Å². The van der Waals surface area contributed by atoms with E-state index in [9.17, 15) is 0 Å². The Bertz CT molecular complexity index is 425. The van der Waals surface area contributed by atoms with Crippen molar-refractivity contribution < 1.29 is 9.47 Å². The molecule has 6 heteroatoms. The molecule has 0 saturated carbocycles. The molecule has 0 unspecified atom stereocenters. The Labute approximate surface area is 144 Å². The monoisotopic (exact) mass is 407 g/mol. The lowest BCUT2D eigenvalue weighted by Crippen LogP contribution is -2.36. The first-order valence-corrected chi connectivity index (χ1v) is 6.89. The molecule has 1 aromatic rings. The van der Waals surface area contributed by atoms with Crippen molar-refractivity contribution in [2.75, 3.05) is 20.3 Å². The number of nitrogens with two attached hydrogens (primary N) is 1. The molecule has 0 aromatic heterocycles. The van der Waals surface area contributed by atoms with Gasteiger partial charge in [0.15, 0.2) is 5.96 Å². The maximum atomic E-state index is 5.77. The Kier molecular flexibility index (Phi) is 11.1. The van der Waals surface area contributed by atoms with Crippen molar-refractivity contribution in [3.05, 3.63) is 29.8 Å². The largest absolute Gasteiger partial charge is 0.493 e. The van der Waals surface area contributed by atoms with Gasteiger partial charge in [-0.3, -0.25) is 0 Å². The van der Waals surface area contributed by atoms with Crippen LogP contribution in [-0.4, -0.2) is 32.3 Å². The molecule has 0 aliphatic rings. The quantitative estimate of drug-likeness (QED) is 0.301. The molecule has 1 aromatic carbocycles. The average Bonchev–Trinajstić information content (AvgIpc) is 2.41. The van der Waals surface area contributed by atoms with Crippen molar-refractivity contribution in [3.63, 3.8) is 0 Å². The summed E-state index contributed by atoms with van der Waals surface area (Å²) in [6, 6.07) is 8.18. The van der Waals surface area contributed by atoms with Crippen molar-refractivity contribution >= 4 is 29.9 Å². The van der Waals surface area contributed by atoms with E-state index < -0.39 is 0 Å². The first-order chi connectivity index (χ1) is 9.61. The number of nitrogens with one attached hydrogen (secondary N) is 1. The third-order valence-electron chi connectivity index (χ3n) is 2.53. The zero-order valence-corrected chi connectivity index (χ0v) is 15.3. The number of guanidine groups is 1. The first-order valence-electron chi connectivity index (χ1n) is 6.89. The minimum atomic E-state index is 0. The lowest BCUT2D eigenvalue weighted by atomic mass is 10.2. The van der Waals surface area contributed by atoms with E-state index in [0.29, 0.717) is 25.7 Å². The fraction of sp³-hybridized carbons (Fsp3) is 0.533. The molecule has 0 saturated heterocycles. The van der Waals surface area contributed by atoms with Crippen molar-refractivity contribution in [2.45, 2.75) is 32.9 Å². The molecule has 0 bridgehead atoms. The molecule has 0 spiro atoms. The van der Waals surface area contributed by atoms with E-state index in [2.05, 4.69) is 10.3 Å². The zero-order chi connectivity index (χ0) is 14.8. The van der Waals surface area contributed by atoms with Crippen LogP contribution in [0.15, 0.2) is 29.3 Å². The molecule has 0 fully saturated rings. The van der Waals surface area contributed by atoms with Crippen molar-refractivity contribution in [1.82, 2.24) is 5.32 Å². The van der Waals surface area contributed by atoms with E-state index in [4.69, 9.17) is 15.2 Å². The van der Waals surface area contributed by atoms with E-state index in [1.54, 1.807) is 7.11 Å². The number of aliphatic imine (C=N–C) groups is 1. The van der Waals surface area contributed by atoms with Crippen LogP contribution < -0.4 is 15.8 Å². The summed E-state index contributed by atoms with van der Waals surface area (Å²) in [6.45, 7) is 5.95. The highest BCUT2D eigenvalue weighted by atomic mass is 127. The number of rotatable bonds is 8. The third kappa shape index (κ3) is 9.52. The molecule has 0 aliphatic heterocycles. The van der Waals surface area contributed by atoms with E-state index >= 15 is 0 Å². The van der Waals surface area contributed by atoms with Crippen molar-refractivity contribution in [2.24, 2.45) is 10.7 Å². The fourth-order valence-corrected chi connectivity index (χ4v) is 1.64. The van der Waals surface area contributed by atoms with Crippen LogP contribution in [0.4, 0.5) is 0 Å². The molecular weight excluding hydrogens is 381 g/mol. The van der Waals surface area contributed by atoms with E-state index in [1.165, 1.54) is 0 Å². The number of hydrogen-bond acceptors (Lipinski definition) is 3. The predicted octanol–water partition coefficient (Wildman–Crippen LogP) is 2.53. The summed E-state index contributed by atoms with van der Waals surface area (Å²) >= 11 is 0. The second kappa shape index (κ2) is 11.6. The number of methoxy groups -OCH3 is 1. The molecule has 0 atom stereocenters. The number of benzene rings is 1. The minimum absolute atomic E-state index is 0. The van der Waals surface area contributed by atoms with Crippen LogP contribution in [-0.2, 0) is 11.3 Å². The second-order valence-corrected chi connectivity index (χ2v) is 4.84. The Morgan fingerprint density at radius 2 is 2.10 bits per heavy atom. The van der Waals surface area contributed by atoms with Crippen LogP contribution in [0.2, 0.25) is 0 Å². The highest BCUT2D eigenvalue weighted by molar-refractivity contribution is 14.0. The molecule has 0 amide bonds. The molecule has 5 nitrogen and oxygen atoms in total. The van der Waals surface area contributed by atoms with Gasteiger partial charge >= 0.3 is 0 Å². The summed E-state index contributed by atoms with van der Waals surface area (Å²) in [5, 5.41) is 3.06. The minimum Gasteiger partial charge on any atom is -0.493 e. The number of hydrogen-bond donors (Lipinski definition) is 2. The van der Waals surface area contributed by atoms with Gasteiger partial charge in [-0.05, 0) is 31.5 Å². The standard InChI is InChI=1S/C15H25N3O2.HI/c1-12(2)18-15(16)17-11-13-6-4-7-14(10-13)20-9-5-8-19-3;/h4,6-7,10,12H,5,8-9,11H2,1-3H3,(H3,16,17,18);1H. The van der Waals surface area contributed by atoms with Crippen LogP contribution in [0.3, 0.4) is 0 Å². The zero-order valence-electron chi connectivity index (χ0n) is 13.0. The lowest BCUT2D eigenvalue weighted by molar-refractivity contribution is 0.172. The van der Waals surface area contributed by atoms with Gasteiger partial charge in [-0.25, -0.2) is 4.99 Å². The SMILES string of the molecule is COCCCOc1cccc(CN=C(N)NC(C)C)c1.I. The maximum Gasteiger partial charge on any atom is 0.189 e. The molecule has 0 heterocycles. The summed E-state index contributed by atoms with van der Waals surface area (Å²) in [5.74, 6) is 1.32. The first kappa shape index (κ1) is 20.0. The van der Waals surface area contributed by atoms with Crippen LogP contribution in [0, 0.1) is 0 Å². The summed E-state index contributed by atoms with van der Waals surface area (Å²) in [7, 11) is 1.69. The third-order valence-corrected chi connectivity index (χ3v) is 2.53. The Morgan fingerprint density at radius 1 is 1.33 bits per heavy atom. The molecular formula is C15H26IN3O2. The molecule has 0 aliphatic carbocycles. The topological polar surface area (TPSA) is 68.9 Å². The highest BCUT2D eigenvalue weighted by Crippen LogP contribution is 2.14. The Balaban J connectivity index is 0.00000400. The van der Waals surface area contributed by atoms with Crippen LogP contribution in [0.1, 0.15) is 25.8 Å². The summed E-state index contributed by atoms with van der Waals surface area (Å²) < 4.78 is 10.6. The van der Waals surface area contributed by atoms with Gasteiger partial charge in [0.05, 0.1) is 13.2 Å². The van der Waals surface area contributed by atoms with E-state index in [1.807, 2.05) is 38.1 Å². The fourth-order valence-electron chi connectivity index (χ4n) is 1.64. The second-order valence-electron chi connectivity index (χ2n) is 4.84. The lowest BCUT2D eigenvalue weighted by Gasteiger charge is -2.09. The normalized spacial score (nSPS) is 11.1. The summed E-state index contributed by atoms with van der Waals surface area (Å²) in [4.78, 5) is 4.29. The highest BCUT2D eigenvalue weighted by Gasteiger charge is 1.98. The number of ether oxygens (including phenoxy) is 2. The van der Waals surface area contributed by atoms with Gasteiger partial charge in [0.2, 0.25) is 0 Å². The predicted molar refractivity (Wildman–Crippen MR) is 97.4 cm³/mol. The van der Waals surface area contributed by atoms with E-state index in [-0.39, 0.29) is 30.0 Å². The van der Waals surface area contributed by atoms with Gasteiger partial charge in [-0.2, -0.15) is 0 Å². The van der Waals surface area contributed by atoms with Gasteiger partial charge in [-0.15, -0.1) is 24.0 Å². The van der Waals surface area contributed by atoms with Crippen molar-refractivity contribution in [3.8, 4) is 5.75 Å². The van der Waals surface area contributed by atoms with Gasteiger partial charge in [-0.1, -0.05) is 12.1 Å². The van der Waals surface area contributed by atoms with E-state index in [0.717, 1.165) is 17.7 Å². The molecule has 0 radical (unpaired) electrons. The summed E-state index contributed by atoms with van der Waals surface area (Å²) in [6.07, 6.45) is 0.879. The van der Waals surface area contributed by atoms with Gasteiger partial charge < -0.3 is 20.5 Å².